The highest BCUT2D eigenvalue weighted by molar-refractivity contribution is 5.31. The molecule has 1 aromatic carbocycles. The molecule has 4 heteroatoms. The molecule has 0 amide bonds. The summed E-state index contributed by atoms with van der Waals surface area (Å²) in [5.41, 5.74) is 6.31. The molecule has 0 radical (unpaired) electrons. The number of nitrogens with one attached hydrogen (secondary N) is 1. The zero-order valence-electron chi connectivity index (χ0n) is 15.1. The van der Waals surface area contributed by atoms with Crippen molar-refractivity contribution in [1.29, 1.82) is 0 Å². The number of rotatable bonds is 6. The van der Waals surface area contributed by atoms with E-state index < -0.39 is 0 Å². The van der Waals surface area contributed by atoms with Gasteiger partial charge in [0, 0.05) is 23.3 Å². The molecule has 1 saturated carbocycles. The molecule has 0 saturated heterocycles. The Labute approximate surface area is 144 Å². The summed E-state index contributed by atoms with van der Waals surface area (Å²) >= 11 is 0. The van der Waals surface area contributed by atoms with Crippen molar-refractivity contribution in [2.24, 2.45) is 0 Å². The molecule has 1 heterocycles. The SMILES string of the molecule is Cc1cccc(C2(NCc3c(C)nn(CCO)c3C)CCCC2)c1. The lowest BCUT2D eigenvalue weighted by atomic mass is 9.87. The Morgan fingerprint density at radius 3 is 2.62 bits per heavy atom. The zero-order chi connectivity index (χ0) is 17.2. The Kier molecular flexibility index (Phi) is 5.07. The fraction of sp³-hybridized carbons (Fsp3) is 0.550. The Balaban J connectivity index is 1.83. The van der Waals surface area contributed by atoms with E-state index in [1.165, 1.54) is 42.4 Å². The molecule has 0 aliphatic heterocycles. The van der Waals surface area contributed by atoms with E-state index in [1.807, 2.05) is 4.68 Å². The smallest absolute Gasteiger partial charge is 0.0644 e. The highest BCUT2D eigenvalue weighted by Crippen LogP contribution is 2.39. The summed E-state index contributed by atoms with van der Waals surface area (Å²) in [6.07, 6.45) is 4.95. The van der Waals surface area contributed by atoms with Gasteiger partial charge < -0.3 is 10.4 Å². The van der Waals surface area contributed by atoms with Gasteiger partial charge in [-0.15, -0.1) is 0 Å². The molecule has 0 atom stereocenters. The molecule has 0 unspecified atom stereocenters. The molecule has 24 heavy (non-hydrogen) atoms. The highest BCUT2D eigenvalue weighted by atomic mass is 16.3. The van der Waals surface area contributed by atoms with E-state index in [-0.39, 0.29) is 12.1 Å². The number of aryl methyl sites for hydroxylation is 2. The van der Waals surface area contributed by atoms with E-state index in [1.54, 1.807) is 0 Å². The summed E-state index contributed by atoms with van der Waals surface area (Å²) in [6, 6.07) is 8.93. The summed E-state index contributed by atoms with van der Waals surface area (Å²) in [6.45, 7) is 7.85. The second-order valence-electron chi connectivity index (χ2n) is 7.11. The molecule has 0 bridgehead atoms. The minimum atomic E-state index is 0.0873. The summed E-state index contributed by atoms with van der Waals surface area (Å²) in [5, 5.41) is 17.6. The van der Waals surface area contributed by atoms with Crippen molar-refractivity contribution < 1.29 is 5.11 Å². The minimum Gasteiger partial charge on any atom is -0.394 e. The zero-order valence-corrected chi connectivity index (χ0v) is 15.1. The third-order valence-electron chi connectivity index (χ3n) is 5.47. The normalized spacial score (nSPS) is 16.7. The third kappa shape index (κ3) is 3.26. The number of aliphatic hydroxyl groups is 1. The lowest BCUT2D eigenvalue weighted by molar-refractivity contribution is 0.267. The van der Waals surface area contributed by atoms with Crippen LogP contribution >= 0.6 is 0 Å². The first-order valence-electron chi connectivity index (χ1n) is 9.02. The van der Waals surface area contributed by atoms with E-state index in [0.29, 0.717) is 6.54 Å². The third-order valence-corrected chi connectivity index (χ3v) is 5.47. The topological polar surface area (TPSA) is 50.1 Å². The molecule has 1 aliphatic carbocycles. The van der Waals surface area contributed by atoms with Gasteiger partial charge in [-0.1, -0.05) is 42.7 Å². The largest absolute Gasteiger partial charge is 0.394 e. The number of aromatic nitrogens is 2. The van der Waals surface area contributed by atoms with E-state index in [4.69, 9.17) is 0 Å². The van der Waals surface area contributed by atoms with Crippen LogP contribution in [0.1, 0.15) is 53.8 Å². The molecule has 0 spiro atoms. The van der Waals surface area contributed by atoms with Crippen molar-refractivity contribution in [2.75, 3.05) is 6.61 Å². The standard InChI is InChI=1S/C20H29N3O/c1-15-7-6-8-18(13-15)20(9-4-5-10-20)21-14-19-16(2)22-23(11-12-24)17(19)3/h6-8,13,21,24H,4-5,9-12,14H2,1-3H3. The molecule has 1 aromatic heterocycles. The summed E-state index contributed by atoms with van der Waals surface area (Å²) in [7, 11) is 0. The van der Waals surface area contributed by atoms with Crippen LogP contribution in [0.15, 0.2) is 24.3 Å². The summed E-state index contributed by atoms with van der Waals surface area (Å²) < 4.78 is 1.92. The molecule has 1 fully saturated rings. The Morgan fingerprint density at radius 2 is 1.96 bits per heavy atom. The molecule has 1 aliphatic rings. The van der Waals surface area contributed by atoms with Crippen LogP contribution < -0.4 is 5.32 Å². The van der Waals surface area contributed by atoms with E-state index in [9.17, 15) is 5.11 Å². The van der Waals surface area contributed by atoms with E-state index >= 15 is 0 Å². The van der Waals surface area contributed by atoms with Crippen molar-refractivity contribution in [3.63, 3.8) is 0 Å². The number of hydrogen-bond acceptors (Lipinski definition) is 3. The van der Waals surface area contributed by atoms with Crippen LogP contribution in [-0.4, -0.2) is 21.5 Å². The van der Waals surface area contributed by atoms with Crippen molar-refractivity contribution >= 4 is 0 Å². The predicted octanol–water partition coefficient (Wildman–Crippen LogP) is 3.36. The lowest BCUT2D eigenvalue weighted by Gasteiger charge is -2.32. The Hall–Kier alpha value is -1.65. The summed E-state index contributed by atoms with van der Waals surface area (Å²) in [4.78, 5) is 0. The highest BCUT2D eigenvalue weighted by Gasteiger charge is 2.35. The molecule has 4 nitrogen and oxygen atoms in total. The number of benzene rings is 1. The van der Waals surface area contributed by atoms with Crippen molar-refractivity contribution in [1.82, 2.24) is 15.1 Å². The van der Waals surface area contributed by atoms with Gasteiger partial charge in [0.05, 0.1) is 18.8 Å². The van der Waals surface area contributed by atoms with Gasteiger partial charge in [0.1, 0.15) is 0 Å². The number of aliphatic hydroxyl groups excluding tert-OH is 1. The van der Waals surface area contributed by atoms with Gasteiger partial charge in [-0.25, -0.2) is 0 Å². The van der Waals surface area contributed by atoms with Crippen LogP contribution in [0, 0.1) is 20.8 Å². The van der Waals surface area contributed by atoms with E-state index in [0.717, 1.165) is 17.9 Å². The van der Waals surface area contributed by atoms with Gasteiger partial charge in [-0.2, -0.15) is 5.10 Å². The lowest BCUT2D eigenvalue weighted by Crippen LogP contribution is -2.39. The first-order valence-corrected chi connectivity index (χ1v) is 9.02. The second-order valence-corrected chi connectivity index (χ2v) is 7.11. The maximum Gasteiger partial charge on any atom is 0.0644 e. The maximum absolute atomic E-state index is 9.19. The Bertz CT molecular complexity index is 699. The molecule has 3 rings (SSSR count). The van der Waals surface area contributed by atoms with Crippen LogP contribution in [-0.2, 0) is 18.6 Å². The average Bonchev–Trinajstić information content (AvgIpc) is 3.13. The molecular formula is C20H29N3O. The van der Waals surface area contributed by atoms with Crippen molar-refractivity contribution in [2.45, 2.75) is 65.1 Å². The monoisotopic (exact) mass is 327 g/mol. The minimum absolute atomic E-state index is 0.0873. The van der Waals surface area contributed by atoms with Gasteiger partial charge in [-0.3, -0.25) is 4.68 Å². The van der Waals surface area contributed by atoms with Gasteiger partial charge in [-0.05, 0) is 39.2 Å². The van der Waals surface area contributed by atoms with Crippen molar-refractivity contribution in [3.8, 4) is 0 Å². The quantitative estimate of drug-likeness (QED) is 0.855. The van der Waals surface area contributed by atoms with Gasteiger partial charge in [0.25, 0.3) is 0 Å². The van der Waals surface area contributed by atoms with Gasteiger partial charge in [0.2, 0.25) is 0 Å². The van der Waals surface area contributed by atoms with E-state index in [2.05, 4.69) is 55.5 Å². The van der Waals surface area contributed by atoms with Crippen molar-refractivity contribution in [3.05, 3.63) is 52.3 Å². The summed E-state index contributed by atoms with van der Waals surface area (Å²) in [5.74, 6) is 0. The maximum atomic E-state index is 9.19. The average molecular weight is 327 g/mol. The van der Waals surface area contributed by atoms with Gasteiger partial charge in [0.15, 0.2) is 0 Å². The van der Waals surface area contributed by atoms with Crippen LogP contribution in [0.5, 0.6) is 0 Å². The van der Waals surface area contributed by atoms with Crippen LogP contribution in [0.3, 0.4) is 0 Å². The fourth-order valence-corrected chi connectivity index (χ4v) is 4.05. The molecular weight excluding hydrogens is 298 g/mol. The molecule has 130 valence electrons. The fourth-order valence-electron chi connectivity index (χ4n) is 4.05. The number of hydrogen-bond donors (Lipinski definition) is 2. The Morgan fingerprint density at radius 1 is 1.21 bits per heavy atom. The first-order chi connectivity index (χ1) is 11.6. The van der Waals surface area contributed by atoms with Gasteiger partial charge >= 0.3 is 0 Å². The predicted molar refractivity (Wildman–Crippen MR) is 97.0 cm³/mol. The molecule has 2 N–H and O–H groups in total. The van der Waals surface area contributed by atoms with Crippen LogP contribution in [0.25, 0.3) is 0 Å². The van der Waals surface area contributed by atoms with Crippen LogP contribution in [0.4, 0.5) is 0 Å². The second kappa shape index (κ2) is 7.08. The molecule has 2 aromatic rings. The first kappa shape index (κ1) is 17.2. The van der Waals surface area contributed by atoms with Crippen LogP contribution in [0.2, 0.25) is 0 Å². The number of nitrogens with zero attached hydrogens (tertiary/aromatic N) is 2.